The zero-order valence-electron chi connectivity index (χ0n) is 14.1. The molecule has 0 aliphatic heterocycles. The fourth-order valence-electron chi connectivity index (χ4n) is 2.77. The SMILES string of the molecule is Cc1cc(Cl)ncc1C(=O)Nc1cc(-c2nc3ccccc3[nH]2)n(C)n1. The summed E-state index contributed by atoms with van der Waals surface area (Å²) in [5.41, 5.74) is 3.78. The number of nitrogens with zero attached hydrogens (tertiary/aromatic N) is 4. The normalized spacial score (nSPS) is 11.0. The lowest BCUT2D eigenvalue weighted by Gasteiger charge is -2.05. The Morgan fingerprint density at radius 3 is 2.85 bits per heavy atom. The molecule has 0 fully saturated rings. The number of carbonyl (C=O) groups is 1. The van der Waals surface area contributed by atoms with Crippen LogP contribution in [-0.2, 0) is 7.05 Å². The largest absolute Gasteiger partial charge is 0.337 e. The molecule has 3 heterocycles. The van der Waals surface area contributed by atoms with Gasteiger partial charge < -0.3 is 10.3 Å². The van der Waals surface area contributed by atoms with Crippen LogP contribution in [0.3, 0.4) is 0 Å². The fraction of sp³-hybridized carbons (Fsp3) is 0.111. The van der Waals surface area contributed by atoms with Crippen molar-refractivity contribution in [3.63, 3.8) is 0 Å². The van der Waals surface area contributed by atoms with Crippen LogP contribution in [0.5, 0.6) is 0 Å². The predicted octanol–water partition coefficient (Wildman–Crippen LogP) is 3.57. The lowest BCUT2D eigenvalue weighted by Crippen LogP contribution is -2.14. The second kappa shape index (κ2) is 6.27. The highest BCUT2D eigenvalue weighted by molar-refractivity contribution is 6.29. The molecular formula is C18H15ClN6O. The number of aromatic nitrogens is 5. The molecule has 0 spiro atoms. The first-order valence-electron chi connectivity index (χ1n) is 7.94. The molecule has 0 aliphatic carbocycles. The van der Waals surface area contributed by atoms with Gasteiger partial charge in [-0.25, -0.2) is 9.97 Å². The van der Waals surface area contributed by atoms with Gasteiger partial charge in [0.15, 0.2) is 11.6 Å². The van der Waals surface area contributed by atoms with Crippen molar-refractivity contribution in [3.8, 4) is 11.5 Å². The summed E-state index contributed by atoms with van der Waals surface area (Å²) in [6, 6.07) is 11.2. The number of pyridine rings is 1. The van der Waals surface area contributed by atoms with Crippen molar-refractivity contribution in [3.05, 3.63) is 58.9 Å². The summed E-state index contributed by atoms with van der Waals surface area (Å²) in [7, 11) is 1.80. The predicted molar refractivity (Wildman–Crippen MR) is 100 cm³/mol. The van der Waals surface area contributed by atoms with E-state index in [0.717, 1.165) is 22.3 Å². The molecule has 3 aromatic heterocycles. The molecule has 130 valence electrons. The number of imidazole rings is 1. The van der Waals surface area contributed by atoms with Crippen molar-refractivity contribution in [2.75, 3.05) is 5.32 Å². The maximum absolute atomic E-state index is 12.5. The molecule has 7 nitrogen and oxygen atoms in total. The van der Waals surface area contributed by atoms with E-state index in [1.54, 1.807) is 30.8 Å². The molecule has 0 radical (unpaired) electrons. The van der Waals surface area contributed by atoms with E-state index in [0.29, 0.717) is 22.4 Å². The van der Waals surface area contributed by atoms with Crippen molar-refractivity contribution in [2.24, 2.45) is 7.05 Å². The molecule has 4 rings (SSSR count). The number of H-pyrrole nitrogens is 1. The Morgan fingerprint density at radius 1 is 1.27 bits per heavy atom. The minimum absolute atomic E-state index is 0.291. The third-order valence-electron chi connectivity index (χ3n) is 4.08. The number of halogens is 1. The van der Waals surface area contributed by atoms with Crippen LogP contribution < -0.4 is 5.32 Å². The molecule has 8 heteroatoms. The lowest BCUT2D eigenvalue weighted by molar-refractivity contribution is 0.102. The van der Waals surface area contributed by atoms with Gasteiger partial charge in [0, 0.05) is 19.3 Å². The number of aryl methyl sites for hydroxylation is 2. The average Bonchev–Trinajstić information content (AvgIpc) is 3.17. The summed E-state index contributed by atoms with van der Waals surface area (Å²) in [6.07, 6.45) is 1.45. The van der Waals surface area contributed by atoms with Gasteiger partial charge in [-0.1, -0.05) is 23.7 Å². The molecule has 1 aromatic carbocycles. The van der Waals surface area contributed by atoms with Gasteiger partial charge in [0.2, 0.25) is 0 Å². The molecule has 1 amide bonds. The van der Waals surface area contributed by atoms with Gasteiger partial charge in [-0.2, -0.15) is 5.10 Å². The van der Waals surface area contributed by atoms with Crippen molar-refractivity contribution in [1.29, 1.82) is 0 Å². The second-order valence-corrected chi connectivity index (χ2v) is 6.30. The molecule has 26 heavy (non-hydrogen) atoms. The van der Waals surface area contributed by atoms with Gasteiger partial charge in [0.05, 0.1) is 16.6 Å². The Balaban J connectivity index is 1.63. The maximum atomic E-state index is 12.5. The summed E-state index contributed by atoms with van der Waals surface area (Å²) in [6.45, 7) is 1.81. The fourth-order valence-corrected chi connectivity index (χ4v) is 2.98. The Kier molecular flexibility index (Phi) is 3.93. The van der Waals surface area contributed by atoms with Crippen molar-refractivity contribution in [1.82, 2.24) is 24.7 Å². The zero-order chi connectivity index (χ0) is 18.3. The lowest BCUT2D eigenvalue weighted by atomic mass is 10.1. The number of rotatable bonds is 3. The Bertz CT molecular complexity index is 1100. The number of nitrogens with one attached hydrogen (secondary N) is 2. The smallest absolute Gasteiger partial charge is 0.258 e. The van der Waals surface area contributed by atoms with Gasteiger partial charge in [-0.15, -0.1) is 0 Å². The molecular weight excluding hydrogens is 352 g/mol. The number of aromatic amines is 1. The van der Waals surface area contributed by atoms with Crippen LogP contribution >= 0.6 is 11.6 Å². The van der Waals surface area contributed by atoms with Crippen LogP contribution in [0.4, 0.5) is 5.82 Å². The van der Waals surface area contributed by atoms with E-state index < -0.39 is 0 Å². The van der Waals surface area contributed by atoms with E-state index in [1.165, 1.54) is 6.20 Å². The number of anilines is 1. The van der Waals surface area contributed by atoms with E-state index in [4.69, 9.17) is 11.6 Å². The molecule has 0 saturated carbocycles. The summed E-state index contributed by atoms with van der Waals surface area (Å²) >= 11 is 5.84. The number of hydrogen-bond acceptors (Lipinski definition) is 4. The summed E-state index contributed by atoms with van der Waals surface area (Å²) in [5, 5.41) is 7.49. The summed E-state index contributed by atoms with van der Waals surface area (Å²) < 4.78 is 1.67. The molecule has 0 unspecified atom stereocenters. The number of carbonyl (C=O) groups excluding carboxylic acids is 1. The van der Waals surface area contributed by atoms with Gasteiger partial charge in [-0.05, 0) is 30.7 Å². The van der Waals surface area contributed by atoms with E-state index in [9.17, 15) is 4.79 Å². The van der Waals surface area contributed by atoms with Crippen LogP contribution in [0.25, 0.3) is 22.6 Å². The van der Waals surface area contributed by atoms with Crippen LogP contribution in [0.1, 0.15) is 15.9 Å². The Hall–Kier alpha value is -3.19. The topological polar surface area (TPSA) is 88.5 Å². The first-order chi connectivity index (χ1) is 12.5. The van der Waals surface area contributed by atoms with Gasteiger partial charge in [0.25, 0.3) is 5.91 Å². The van der Waals surface area contributed by atoms with Crippen LogP contribution in [0.2, 0.25) is 5.15 Å². The minimum atomic E-state index is -0.291. The van der Waals surface area contributed by atoms with Gasteiger partial charge >= 0.3 is 0 Å². The zero-order valence-corrected chi connectivity index (χ0v) is 14.9. The number of amides is 1. The first kappa shape index (κ1) is 16.3. The average molecular weight is 367 g/mol. The number of para-hydroxylation sites is 2. The highest BCUT2D eigenvalue weighted by Gasteiger charge is 2.15. The first-order valence-corrected chi connectivity index (χ1v) is 8.32. The monoisotopic (exact) mass is 366 g/mol. The number of benzene rings is 1. The van der Waals surface area contributed by atoms with Crippen LogP contribution in [-0.4, -0.2) is 30.6 Å². The quantitative estimate of drug-likeness (QED) is 0.542. The van der Waals surface area contributed by atoms with Crippen molar-refractivity contribution >= 4 is 34.4 Å². The van der Waals surface area contributed by atoms with E-state index in [2.05, 4.69) is 25.4 Å². The third kappa shape index (κ3) is 2.93. The third-order valence-corrected chi connectivity index (χ3v) is 4.28. The minimum Gasteiger partial charge on any atom is -0.337 e. The van der Waals surface area contributed by atoms with Crippen LogP contribution in [0, 0.1) is 6.92 Å². The van der Waals surface area contributed by atoms with E-state index in [-0.39, 0.29) is 5.91 Å². The number of hydrogen-bond donors (Lipinski definition) is 2. The number of fused-ring (bicyclic) bond motifs is 1. The van der Waals surface area contributed by atoms with Crippen LogP contribution in [0.15, 0.2) is 42.6 Å². The standard InChI is InChI=1S/C18H15ClN6O/c1-10-7-15(19)20-9-11(10)18(26)23-16-8-14(25(2)24-16)17-21-12-5-3-4-6-13(12)22-17/h3-9H,1-2H3,(H,21,22)(H,23,24,26). The molecule has 4 aromatic rings. The summed E-state index contributed by atoms with van der Waals surface area (Å²) in [5.74, 6) is 0.828. The van der Waals surface area contributed by atoms with E-state index in [1.807, 2.05) is 24.3 Å². The summed E-state index contributed by atoms with van der Waals surface area (Å²) in [4.78, 5) is 24.3. The van der Waals surface area contributed by atoms with Gasteiger partial charge in [-0.3, -0.25) is 9.48 Å². The second-order valence-electron chi connectivity index (χ2n) is 5.92. The van der Waals surface area contributed by atoms with Crippen molar-refractivity contribution < 1.29 is 4.79 Å². The van der Waals surface area contributed by atoms with Gasteiger partial charge in [0.1, 0.15) is 10.8 Å². The molecule has 0 atom stereocenters. The van der Waals surface area contributed by atoms with E-state index >= 15 is 0 Å². The highest BCUT2D eigenvalue weighted by Crippen LogP contribution is 2.23. The maximum Gasteiger partial charge on any atom is 0.258 e. The molecule has 0 bridgehead atoms. The molecule has 0 aliphatic rings. The highest BCUT2D eigenvalue weighted by atomic mass is 35.5. The molecule has 2 N–H and O–H groups in total. The molecule has 0 saturated heterocycles. The van der Waals surface area contributed by atoms with Crippen molar-refractivity contribution in [2.45, 2.75) is 6.92 Å². The Morgan fingerprint density at radius 2 is 2.08 bits per heavy atom. The Labute approximate surface area is 154 Å².